The Morgan fingerprint density at radius 3 is 2.41 bits per heavy atom. The molecule has 0 amide bonds. The van der Waals surface area contributed by atoms with Crippen LogP contribution in [0.3, 0.4) is 0 Å². The second-order valence-corrected chi connectivity index (χ2v) is 5.74. The fourth-order valence-corrected chi connectivity index (χ4v) is 2.68. The fourth-order valence-electron chi connectivity index (χ4n) is 1.53. The van der Waals surface area contributed by atoms with Crippen LogP contribution < -0.4 is 0 Å². The van der Waals surface area contributed by atoms with Gasteiger partial charge in [-0.15, -0.1) is 0 Å². The molecule has 0 nitrogen and oxygen atoms in total. The van der Waals surface area contributed by atoms with Crippen molar-refractivity contribution in [1.29, 1.82) is 0 Å². The number of alkyl halides is 1. The summed E-state index contributed by atoms with van der Waals surface area (Å²) in [4.78, 5) is -0.200. The summed E-state index contributed by atoms with van der Waals surface area (Å²) in [5.41, 5.74) is 1.52. The zero-order chi connectivity index (χ0) is 12.4. The first kappa shape index (κ1) is 13.1. The molecule has 0 bridgehead atoms. The maximum Gasteiger partial charge on any atom is 0.129 e. The highest BCUT2D eigenvalue weighted by Gasteiger charge is 2.16. The molecule has 88 valence electrons. The number of benzene rings is 2. The van der Waals surface area contributed by atoms with E-state index >= 15 is 0 Å². The highest BCUT2D eigenvalue weighted by molar-refractivity contribution is 9.10. The Hall–Kier alpha value is -0.380. The summed E-state index contributed by atoms with van der Waals surface area (Å²) in [6.45, 7) is 0. The summed E-state index contributed by atoms with van der Waals surface area (Å²) in [5, 5.41) is 0.502. The lowest BCUT2D eigenvalue weighted by atomic mass is 10.0. The van der Waals surface area contributed by atoms with Gasteiger partial charge in [0.15, 0.2) is 0 Å². The summed E-state index contributed by atoms with van der Waals surface area (Å²) >= 11 is 12.7. The predicted octanol–water partition coefficient (Wildman–Crippen LogP) is 5.73. The average Bonchev–Trinajstić information content (AvgIpc) is 2.34. The minimum absolute atomic E-state index is 0.200. The van der Waals surface area contributed by atoms with Gasteiger partial charge in [-0.1, -0.05) is 57.9 Å². The van der Waals surface area contributed by atoms with E-state index in [1.807, 2.05) is 30.3 Å². The van der Waals surface area contributed by atoms with Crippen LogP contribution in [0, 0.1) is 5.82 Å². The van der Waals surface area contributed by atoms with Crippen LogP contribution in [-0.2, 0) is 0 Å². The average molecular weight is 378 g/mol. The van der Waals surface area contributed by atoms with Crippen LogP contribution in [0.5, 0.6) is 0 Å². The molecule has 0 spiro atoms. The maximum atomic E-state index is 13.8. The Bertz CT molecular complexity index is 528. The van der Waals surface area contributed by atoms with Gasteiger partial charge in [0.2, 0.25) is 0 Å². The SMILES string of the molecule is Fc1cc(Br)c(Cl)cc1C(Br)c1ccccc1. The first-order valence-corrected chi connectivity index (χ1v) is 7.01. The fraction of sp³-hybridized carbons (Fsp3) is 0.0769. The molecule has 4 heteroatoms. The molecule has 1 unspecified atom stereocenters. The lowest BCUT2D eigenvalue weighted by Gasteiger charge is -2.12. The molecule has 0 aliphatic heterocycles. The van der Waals surface area contributed by atoms with Crippen LogP contribution in [0.1, 0.15) is 16.0 Å². The van der Waals surface area contributed by atoms with E-state index < -0.39 is 0 Å². The first-order valence-electron chi connectivity index (χ1n) is 4.93. The molecular weight excluding hydrogens is 370 g/mol. The highest BCUT2D eigenvalue weighted by Crippen LogP contribution is 2.36. The Balaban J connectivity index is 2.44. The predicted molar refractivity (Wildman–Crippen MR) is 76.3 cm³/mol. The summed E-state index contributed by atoms with van der Waals surface area (Å²) in [7, 11) is 0. The third-order valence-electron chi connectivity index (χ3n) is 2.40. The van der Waals surface area contributed by atoms with Gasteiger partial charge in [-0.2, -0.15) is 0 Å². The number of rotatable bonds is 2. The van der Waals surface area contributed by atoms with E-state index in [9.17, 15) is 4.39 Å². The summed E-state index contributed by atoms with van der Waals surface area (Å²) in [6.07, 6.45) is 0. The van der Waals surface area contributed by atoms with Crippen molar-refractivity contribution in [2.45, 2.75) is 4.83 Å². The Labute approximate surface area is 121 Å². The normalized spacial score (nSPS) is 12.5. The summed E-state index contributed by atoms with van der Waals surface area (Å²) in [6, 6.07) is 12.7. The molecule has 1 atom stereocenters. The topological polar surface area (TPSA) is 0 Å². The molecule has 0 fully saturated rings. The van der Waals surface area contributed by atoms with Gasteiger partial charge < -0.3 is 0 Å². The minimum atomic E-state index is -0.285. The van der Waals surface area contributed by atoms with E-state index in [2.05, 4.69) is 31.9 Å². The molecule has 0 saturated carbocycles. The van der Waals surface area contributed by atoms with E-state index in [1.54, 1.807) is 6.07 Å². The Morgan fingerprint density at radius 2 is 1.76 bits per heavy atom. The molecule has 0 aliphatic rings. The third-order valence-corrected chi connectivity index (χ3v) is 4.62. The zero-order valence-corrected chi connectivity index (χ0v) is 12.6. The van der Waals surface area contributed by atoms with E-state index in [-0.39, 0.29) is 10.6 Å². The summed E-state index contributed by atoms with van der Waals surface area (Å²) < 4.78 is 14.4. The molecule has 0 N–H and O–H groups in total. The highest BCUT2D eigenvalue weighted by atomic mass is 79.9. The quantitative estimate of drug-likeness (QED) is 0.463. The van der Waals surface area contributed by atoms with Gasteiger partial charge in [0.1, 0.15) is 5.82 Å². The molecule has 17 heavy (non-hydrogen) atoms. The molecule has 2 aromatic carbocycles. The van der Waals surface area contributed by atoms with Crippen LogP contribution in [0.2, 0.25) is 5.02 Å². The van der Waals surface area contributed by atoms with Crippen molar-refractivity contribution in [3.05, 3.63) is 68.9 Å². The number of hydrogen-bond donors (Lipinski definition) is 0. The van der Waals surface area contributed by atoms with E-state index in [1.165, 1.54) is 6.07 Å². The van der Waals surface area contributed by atoms with E-state index in [0.717, 1.165) is 5.56 Å². The van der Waals surface area contributed by atoms with Gasteiger partial charge in [0.25, 0.3) is 0 Å². The van der Waals surface area contributed by atoms with Gasteiger partial charge in [0, 0.05) is 10.0 Å². The second kappa shape index (κ2) is 5.51. The van der Waals surface area contributed by atoms with Crippen molar-refractivity contribution < 1.29 is 4.39 Å². The van der Waals surface area contributed by atoms with E-state index in [0.29, 0.717) is 15.1 Å². The van der Waals surface area contributed by atoms with Crippen molar-refractivity contribution in [3.8, 4) is 0 Å². The first-order chi connectivity index (χ1) is 8.09. The Kier molecular flexibility index (Phi) is 4.23. The molecule has 2 aromatic rings. The minimum Gasteiger partial charge on any atom is -0.207 e. The molecule has 0 heterocycles. The van der Waals surface area contributed by atoms with Crippen molar-refractivity contribution >= 4 is 43.5 Å². The van der Waals surface area contributed by atoms with Gasteiger partial charge in [-0.05, 0) is 33.6 Å². The third kappa shape index (κ3) is 2.90. The number of hydrogen-bond acceptors (Lipinski definition) is 0. The lowest BCUT2D eigenvalue weighted by Crippen LogP contribution is -1.96. The number of halogens is 4. The zero-order valence-electron chi connectivity index (χ0n) is 8.63. The van der Waals surface area contributed by atoms with Crippen molar-refractivity contribution in [2.24, 2.45) is 0 Å². The molecule has 0 aliphatic carbocycles. The maximum absolute atomic E-state index is 13.8. The van der Waals surface area contributed by atoms with Crippen LogP contribution in [0.15, 0.2) is 46.9 Å². The molecule has 2 rings (SSSR count). The van der Waals surface area contributed by atoms with Crippen LogP contribution in [0.4, 0.5) is 4.39 Å². The molecule has 0 saturated heterocycles. The van der Waals surface area contributed by atoms with Crippen LogP contribution >= 0.6 is 43.5 Å². The van der Waals surface area contributed by atoms with Gasteiger partial charge in [0.05, 0.1) is 9.85 Å². The van der Waals surface area contributed by atoms with Crippen molar-refractivity contribution in [2.75, 3.05) is 0 Å². The van der Waals surface area contributed by atoms with Crippen molar-refractivity contribution in [1.82, 2.24) is 0 Å². The molecular formula is C13H8Br2ClF. The monoisotopic (exact) mass is 376 g/mol. The lowest BCUT2D eigenvalue weighted by molar-refractivity contribution is 0.612. The van der Waals surface area contributed by atoms with Crippen LogP contribution in [-0.4, -0.2) is 0 Å². The molecule has 0 radical (unpaired) electrons. The van der Waals surface area contributed by atoms with Gasteiger partial charge in [-0.3, -0.25) is 0 Å². The molecule has 0 aromatic heterocycles. The van der Waals surface area contributed by atoms with E-state index in [4.69, 9.17) is 11.6 Å². The second-order valence-electron chi connectivity index (χ2n) is 3.56. The largest absolute Gasteiger partial charge is 0.207 e. The van der Waals surface area contributed by atoms with Gasteiger partial charge in [-0.25, -0.2) is 4.39 Å². The van der Waals surface area contributed by atoms with Gasteiger partial charge >= 0.3 is 0 Å². The standard InChI is InChI=1S/C13H8Br2ClF/c14-10-7-12(17)9(6-11(10)16)13(15)8-4-2-1-3-5-8/h1-7,13H. The summed E-state index contributed by atoms with van der Waals surface area (Å²) in [5.74, 6) is -0.285. The Morgan fingerprint density at radius 1 is 1.12 bits per heavy atom. The van der Waals surface area contributed by atoms with Crippen molar-refractivity contribution in [3.63, 3.8) is 0 Å². The smallest absolute Gasteiger partial charge is 0.129 e. The van der Waals surface area contributed by atoms with Crippen LogP contribution in [0.25, 0.3) is 0 Å².